The van der Waals surface area contributed by atoms with Gasteiger partial charge >= 0.3 is 0 Å². The van der Waals surface area contributed by atoms with Gasteiger partial charge in [-0.05, 0) is 19.2 Å². The maximum atomic E-state index is 2.50. The van der Waals surface area contributed by atoms with Gasteiger partial charge in [0.15, 0.2) is 8.80 Å². The summed E-state index contributed by atoms with van der Waals surface area (Å²) in [6.07, 6.45) is 0. The molecule has 4 rings (SSSR count). The van der Waals surface area contributed by atoms with Gasteiger partial charge in [0.05, 0.1) is 0 Å². The van der Waals surface area contributed by atoms with Gasteiger partial charge in [-0.3, -0.25) is 0 Å². The molecule has 26 heavy (non-hydrogen) atoms. The summed E-state index contributed by atoms with van der Waals surface area (Å²) in [5.74, 6) is 0. The average molecular weight is 358 g/mol. The van der Waals surface area contributed by atoms with Crippen LogP contribution in [0.25, 0.3) is 0 Å². The van der Waals surface area contributed by atoms with Crippen molar-refractivity contribution in [3.8, 4) is 0 Å². The van der Waals surface area contributed by atoms with Crippen molar-refractivity contribution >= 4 is 30.0 Å². The molecule has 1 heterocycles. The molecule has 3 aromatic rings. The fourth-order valence-corrected chi connectivity index (χ4v) is 6.16. The molecule has 0 aromatic heterocycles. The van der Waals surface area contributed by atoms with Crippen molar-refractivity contribution in [2.24, 2.45) is 0 Å². The van der Waals surface area contributed by atoms with Gasteiger partial charge in [-0.2, -0.15) is 0 Å². The summed E-state index contributed by atoms with van der Waals surface area (Å²) in [5.41, 5.74) is 1.35. The Morgan fingerprint density at radius 1 is 0.577 bits per heavy atom. The lowest BCUT2D eigenvalue weighted by atomic mass is 10.2. The molecule has 0 spiro atoms. The van der Waals surface area contributed by atoms with Crippen LogP contribution in [0.1, 0.15) is 0 Å². The molecule has 1 saturated heterocycles. The average Bonchev–Trinajstić information content (AvgIpc) is 2.71. The molecule has 0 atom stereocenters. The SMILES string of the molecule is CN1CCN(c2ccc([Si](c3ccccc3)c3ccccc3)cc2)CC1. The molecule has 0 bridgehead atoms. The zero-order valence-corrected chi connectivity index (χ0v) is 16.3. The van der Waals surface area contributed by atoms with Crippen LogP contribution in [0.3, 0.4) is 0 Å². The lowest BCUT2D eigenvalue weighted by Gasteiger charge is -2.34. The van der Waals surface area contributed by atoms with Crippen molar-refractivity contribution in [3.63, 3.8) is 0 Å². The highest BCUT2D eigenvalue weighted by molar-refractivity contribution is 6.95. The van der Waals surface area contributed by atoms with E-state index in [2.05, 4.69) is 102 Å². The van der Waals surface area contributed by atoms with E-state index in [1.807, 2.05) is 0 Å². The quantitative estimate of drug-likeness (QED) is 0.520. The topological polar surface area (TPSA) is 6.48 Å². The Morgan fingerprint density at radius 2 is 1.04 bits per heavy atom. The van der Waals surface area contributed by atoms with Crippen molar-refractivity contribution < 1.29 is 0 Å². The van der Waals surface area contributed by atoms with Crippen LogP contribution in [-0.2, 0) is 0 Å². The molecule has 0 saturated carbocycles. The molecule has 1 radical (unpaired) electrons. The van der Waals surface area contributed by atoms with E-state index in [0.29, 0.717) is 0 Å². The van der Waals surface area contributed by atoms with E-state index < -0.39 is 8.80 Å². The van der Waals surface area contributed by atoms with Crippen LogP contribution in [0.5, 0.6) is 0 Å². The molecule has 3 aromatic carbocycles. The van der Waals surface area contributed by atoms with Crippen LogP contribution in [0.15, 0.2) is 84.9 Å². The van der Waals surface area contributed by atoms with Crippen molar-refractivity contribution in [1.29, 1.82) is 0 Å². The summed E-state index contributed by atoms with van der Waals surface area (Å²) in [6.45, 7) is 4.52. The molecule has 3 heteroatoms. The van der Waals surface area contributed by atoms with E-state index in [1.165, 1.54) is 21.2 Å². The fraction of sp³-hybridized carbons (Fsp3) is 0.217. The zero-order valence-electron chi connectivity index (χ0n) is 15.3. The first-order chi connectivity index (χ1) is 12.8. The Hall–Kier alpha value is -2.36. The molecule has 0 aliphatic carbocycles. The number of nitrogens with zero attached hydrogens (tertiary/aromatic N) is 2. The minimum Gasteiger partial charge on any atom is -0.369 e. The molecule has 0 N–H and O–H groups in total. The predicted octanol–water partition coefficient (Wildman–Crippen LogP) is 1.95. The van der Waals surface area contributed by atoms with E-state index in [0.717, 1.165) is 26.2 Å². The first kappa shape index (κ1) is 17.1. The number of hydrogen-bond acceptors (Lipinski definition) is 2. The third-order valence-corrected chi connectivity index (χ3v) is 7.88. The molecule has 131 valence electrons. The first-order valence-corrected chi connectivity index (χ1v) is 10.8. The van der Waals surface area contributed by atoms with Crippen LogP contribution >= 0.6 is 0 Å². The van der Waals surface area contributed by atoms with Crippen molar-refractivity contribution in [2.75, 3.05) is 38.1 Å². The second-order valence-corrected chi connectivity index (χ2v) is 9.43. The Morgan fingerprint density at radius 3 is 1.54 bits per heavy atom. The molecule has 1 aliphatic heterocycles. The first-order valence-electron chi connectivity index (χ1n) is 9.33. The molecular formula is C23H25N2Si. The number of anilines is 1. The fourth-order valence-electron chi connectivity index (χ4n) is 3.61. The molecule has 1 fully saturated rings. The van der Waals surface area contributed by atoms with Gasteiger partial charge in [-0.25, -0.2) is 0 Å². The van der Waals surface area contributed by atoms with Gasteiger partial charge in [0.1, 0.15) is 0 Å². The Labute approximate surface area is 158 Å². The molecular weight excluding hydrogens is 332 g/mol. The summed E-state index contributed by atoms with van der Waals surface area (Å²) < 4.78 is 0. The standard InChI is InChI=1S/C23H25N2Si/c1-24-16-18-25(19-17-24)20-12-14-23(15-13-20)26(21-8-4-2-5-9-21)22-10-6-3-7-11-22/h2-15H,16-19H2,1H3. The second-order valence-electron chi connectivity index (χ2n) is 6.94. The van der Waals surface area contributed by atoms with Gasteiger partial charge < -0.3 is 9.80 Å². The van der Waals surface area contributed by atoms with Gasteiger partial charge in [0, 0.05) is 31.9 Å². The smallest absolute Gasteiger partial charge is 0.154 e. The Balaban J connectivity index is 1.64. The highest BCUT2D eigenvalue weighted by Crippen LogP contribution is 2.14. The Bertz CT molecular complexity index is 770. The summed E-state index contributed by atoms with van der Waals surface area (Å²) in [4.78, 5) is 4.90. The van der Waals surface area contributed by atoms with Crippen LogP contribution in [0.2, 0.25) is 0 Å². The van der Waals surface area contributed by atoms with Gasteiger partial charge in [-0.15, -0.1) is 0 Å². The third kappa shape index (κ3) is 3.74. The minimum atomic E-state index is -0.959. The van der Waals surface area contributed by atoms with Crippen LogP contribution in [0.4, 0.5) is 5.69 Å². The van der Waals surface area contributed by atoms with E-state index in [4.69, 9.17) is 0 Å². The minimum absolute atomic E-state index is 0.959. The summed E-state index contributed by atoms with van der Waals surface area (Å²) in [5, 5.41) is 4.33. The van der Waals surface area contributed by atoms with Crippen molar-refractivity contribution in [1.82, 2.24) is 4.90 Å². The summed E-state index contributed by atoms with van der Waals surface area (Å²) in [6, 6.07) is 31.2. The molecule has 0 unspecified atom stereocenters. The normalized spacial score (nSPS) is 15.4. The van der Waals surface area contributed by atoms with Crippen LogP contribution < -0.4 is 20.5 Å². The van der Waals surface area contributed by atoms with Crippen LogP contribution in [0, 0.1) is 0 Å². The lowest BCUT2D eigenvalue weighted by Crippen LogP contribution is -2.52. The maximum Gasteiger partial charge on any atom is 0.154 e. The number of benzene rings is 3. The van der Waals surface area contributed by atoms with Gasteiger partial charge in [-0.1, -0.05) is 88.4 Å². The van der Waals surface area contributed by atoms with Crippen molar-refractivity contribution in [3.05, 3.63) is 84.9 Å². The largest absolute Gasteiger partial charge is 0.369 e. The molecule has 1 aliphatic rings. The monoisotopic (exact) mass is 357 g/mol. The van der Waals surface area contributed by atoms with E-state index in [-0.39, 0.29) is 0 Å². The molecule has 0 amide bonds. The van der Waals surface area contributed by atoms with E-state index in [9.17, 15) is 0 Å². The Kier molecular flexibility index (Phi) is 5.18. The van der Waals surface area contributed by atoms with Crippen molar-refractivity contribution in [2.45, 2.75) is 0 Å². The molecule has 2 nitrogen and oxygen atoms in total. The maximum absolute atomic E-state index is 2.50. The highest BCUT2D eigenvalue weighted by Gasteiger charge is 2.20. The van der Waals surface area contributed by atoms with E-state index >= 15 is 0 Å². The van der Waals surface area contributed by atoms with Crippen LogP contribution in [-0.4, -0.2) is 46.9 Å². The number of likely N-dealkylation sites (N-methyl/N-ethyl adjacent to an activating group) is 1. The zero-order chi connectivity index (χ0) is 17.8. The number of hydrogen-bond donors (Lipinski definition) is 0. The summed E-state index contributed by atoms with van der Waals surface area (Å²) in [7, 11) is 1.24. The second kappa shape index (κ2) is 7.90. The lowest BCUT2D eigenvalue weighted by molar-refractivity contribution is 0.313. The third-order valence-electron chi connectivity index (χ3n) is 5.15. The van der Waals surface area contributed by atoms with E-state index in [1.54, 1.807) is 0 Å². The summed E-state index contributed by atoms with van der Waals surface area (Å²) >= 11 is 0. The number of rotatable bonds is 4. The highest BCUT2D eigenvalue weighted by atomic mass is 28.3. The van der Waals surface area contributed by atoms with Gasteiger partial charge in [0.2, 0.25) is 0 Å². The predicted molar refractivity (Wildman–Crippen MR) is 114 cm³/mol. The van der Waals surface area contributed by atoms with Gasteiger partial charge in [0.25, 0.3) is 0 Å². The number of piperazine rings is 1.